The number of amides is 3. The van der Waals surface area contributed by atoms with Crippen LogP contribution in [0.3, 0.4) is 0 Å². The molecule has 2 N–H and O–H groups in total. The van der Waals surface area contributed by atoms with E-state index in [1.54, 1.807) is 6.92 Å². The Bertz CT molecular complexity index is 342. The van der Waals surface area contributed by atoms with E-state index >= 15 is 0 Å². The molecule has 3 atom stereocenters. The first kappa shape index (κ1) is 11.1. The molecule has 2 saturated heterocycles. The van der Waals surface area contributed by atoms with Gasteiger partial charge in [-0.05, 0) is 6.92 Å². The third kappa shape index (κ3) is 1.41. The lowest BCUT2D eigenvalue weighted by Crippen LogP contribution is -2.43. The van der Waals surface area contributed by atoms with Gasteiger partial charge in [-0.25, -0.2) is 0 Å². The zero-order valence-electron chi connectivity index (χ0n) is 9.34. The van der Waals surface area contributed by atoms with Crippen molar-refractivity contribution >= 4 is 17.7 Å². The second-order valence-corrected chi connectivity index (χ2v) is 4.48. The second-order valence-electron chi connectivity index (χ2n) is 4.48. The highest BCUT2D eigenvalue weighted by atomic mass is 16.2. The van der Waals surface area contributed by atoms with Crippen LogP contribution in [0, 0.1) is 11.8 Å². The summed E-state index contributed by atoms with van der Waals surface area (Å²) in [6.45, 7) is 2.24. The Balaban J connectivity index is 2.13. The lowest BCUT2D eigenvalue weighted by molar-refractivity contribution is -0.139. The van der Waals surface area contributed by atoms with Gasteiger partial charge >= 0.3 is 0 Å². The van der Waals surface area contributed by atoms with E-state index in [2.05, 4.69) is 0 Å². The average Bonchev–Trinajstić information content (AvgIpc) is 2.75. The summed E-state index contributed by atoms with van der Waals surface area (Å²) in [6.07, 6.45) is 0. The van der Waals surface area contributed by atoms with Gasteiger partial charge < -0.3 is 10.6 Å². The minimum absolute atomic E-state index is 0.185. The number of likely N-dealkylation sites (tertiary alicyclic amines) is 2. The van der Waals surface area contributed by atoms with Gasteiger partial charge in [0, 0.05) is 20.1 Å². The maximum atomic E-state index is 11.7. The van der Waals surface area contributed by atoms with Crippen LogP contribution in [-0.4, -0.2) is 53.7 Å². The molecule has 0 spiro atoms. The van der Waals surface area contributed by atoms with Crippen LogP contribution in [0.5, 0.6) is 0 Å². The normalized spacial score (nSPS) is 30.9. The fourth-order valence-corrected chi connectivity index (χ4v) is 2.38. The molecule has 0 radical (unpaired) electrons. The number of rotatable bonds is 1. The average molecular weight is 225 g/mol. The lowest BCUT2D eigenvalue weighted by Gasteiger charge is -2.20. The minimum Gasteiger partial charge on any atom is -0.340 e. The number of hydrogen-bond donors (Lipinski definition) is 1. The number of nitrogens with zero attached hydrogens (tertiary/aromatic N) is 2. The Labute approximate surface area is 93.4 Å². The van der Waals surface area contributed by atoms with E-state index < -0.39 is 6.04 Å². The number of fused-ring (bicyclic) bond motifs is 1. The fraction of sp³-hybridized carbons (Fsp3) is 0.700. The summed E-state index contributed by atoms with van der Waals surface area (Å²) < 4.78 is 0. The number of nitrogens with two attached hydrogens (primary N) is 1. The molecule has 0 aromatic rings. The van der Waals surface area contributed by atoms with Crippen LogP contribution in [0.4, 0.5) is 0 Å². The Morgan fingerprint density at radius 3 is 2.12 bits per heavy atom. The summed E-state index contributed by atoms with van der Waals surface area (Å²) >= 11 is 0. The van der Waals surface area contributed by atoms with Crippen molar-refractivity contribution in [2.45, 2.75) is 13.0 Å². The summed E-state index contributed by atoms with van der Waals surface area (Å²) in [5, 5.41) is 0. The van der Waals surface area contributed by atoms with E-state index in [1.165, 1.54) is 11.9 Å². The monoisotopic (exact) mass is 225 g/mol. The van der Waals surface area contributed by atoms with Crippen LogP contribution in [-0.2, 0) is 14.4 Å². The van der Waals surface area contributed by atoms with Crippen molar-refractivity contribution < 1.29 is 14.4 Å². The molecule has 88 valence electrons. The Kier molecular flexibility index (Phi) is 2.46. The van der Waals surface area contributed by atoms with Crippen molar-refractivity contribution in [3.8, 4) is 0 Å². The van der Waals surface area contributed by atoms with Gasteiger partial charge in [0.25, 0.3) is 0 Å². The molecule has 0 unspecified atom stereocenters. The highest BCUT2D eigenvalue weighted by Crippen LogP contribution is 2.32. The van der Waals surface area contributed by atoms with Crippen LogP contribution in [0.25, 0.3) is 0 Å². The fourth-order valence-electron chi connectivity index (χ4n) is 2.38. The van der Waals surface area contributed by atoms with E-state index in [4.69, 9.17) is 5.73 Å². The summed E-state index contributed by atoms with van der Waals surface area (Å²) in [5.74, 6) is -1.29. The van der Waals surface area contributed by atoms with Crippen molar-refractivity contribution in [1.29, 1.82) is 0 Å². The second kappa shape index (κ2) is 3.55. The van der Waals surface area contributed by atoms with Crippen LogP contribution in [0.1, 0.15) is 6.92 Å². The molecule has 2 aliphatic heterocycles. The molecule has 0 bridgehead atoms. The standard InChI is InChI=1S/C10H15N3O3/c1-5(11)8(14)13-3-6-7(4-13)10(16)12(2)9(6)15/h5-7H,3-4,11H2,1-2H3/t5-,6-,7+/m1/s1. The number of carbonyl (C=O) groups is 3. The third-order valence-corrected chi connectivity index (χ3v) is 3.32. The molecule has 0 aliphatic carbocycles. The van der Waals surface area contributed by atoms with Crippen molar-refractivity contribution in [2.24, 2.45) is 17.6 Å². The number of imide groups is 1. The van der Waals surface area contributed by atoms with Crippen LogP contribution in [0.15, 0.2) is 0 Å². The molecular weight excluding hydrogens is 210 g/mol. The highest BCUT2D eigenvalue weighted by molar-refractivity contribution is 6.06. The van der Waals surface area contributed by atoms with E-state index in [0.717, 1.165) is 4.90 Å². The molecule has 16 heavy (non-hydrogen) atoms. The molecule has 2 aliphatic rings. The van der Waals surface area contributed by atoms with E-state index in [0.29, 0.717) is 13.1 Å². The SMILES string of the molecule is C[C@@H](N)C(=O)N1C[C@@H]2C(=O)N(C)C(=O)[C@@H]2C1. The molecule has 6 nitrogen and oxygen atoms in total. The van der Waals surface area contributed by atoms with Crippen LogP contribution in [0.2, 0.25) is 0 Å². The van der Waals surface area contributed by atoms with Gasteiger partial charge in [-0.2, -0.15) is 0 Å². The number of hydrogen-bond acceptors (Lipinski definition) is 4. The quantitative estimate of drug-likeness (QED) is 0.545. The van der Waals surface area contributed by atoms with Gasteiger partial charge in [0.15, 0.2) is 0 Å². The van der Waals surface area contributed by atoms with Crippen LogP contribution >= 0.6 is 0 Å². The molecule has 2 rings (SSSR count). The van der Waals surface area contributed by atoms with Crippen molar-refractivity contribution in [2.75, 3.05) is 20.1 Å². The van der Waals surface area contributed by atoms with Crippen molar-refractivity contribution in [1.82, 2.24) is 9.80 Å². The largest absolute Gasteiger partial charge is 0.340 e. The third-order valence-electron chi connectivity index (χ3n) is 3.32. The molecule has 0 saturated carbocycles. The first-order valence-electron chi connectivity index (χ1n) is 5.29. The smallest absolute Gasteiger partial charge is 0.239 e. The van der Waals surface area contributed by atoms with Crippen molar-refractivity contribution in [3.05, 3.63) is 0 Å². The summed E-state index contributed by atoms with van der Waals surface area (Å²) in [4.78, 5) is 37.7. The minimum atomic E-state index is -0.582. The molecule has 0 aromatic carbocycles. The maximum Gasteiger partial charge on any atom is 0.239 e. The molecule has 3 amide bonds. The molecule has 6 heteroatoms. The lowest BCUT2D eigenvalue weighted by atomic mass is 10.00. The van der Waals surface area contributed by atoms with E-state index in [-0.39, 0.29) is 29.6 Å². The predicted molar refractivity (Wildman–Crippen MR) is 55.0 cm³/mol. The first-order valence-corrected chi connectivity index (χ1v) is 5.29. The highest BCUT2D eigenvalue weighted by Gasteiger charge is 2.52. The van der Waals surface area contributed by atoms with E-state index in [1.807, 2.05) is 0 Å². The topological polar surface area (TPSA) is 83.7 Å². The van der Waals surface area contributed by atoms with Gasteiger partial charge in [0.1, 0.15) is 0 Å². The van der Waals surface area contributed by atoms with E-state index in [9.17, 15) is 14.4 Å². The molecule has 2 fully saturated rings. The molecule has 0 aromatic heterocycles. The molecule has 2 heterocycles. The molecular formula is C10H15N3O3. The van der Waals surface area contributed by atoms with Gasteiger partial charge in [0.05, 0.1) is 17.9 Å². The Morgan fingerprint density at radius 1 is 1.31 bits per heavy atom. The summed E-state index contributed by atoms with van der Waals surface area (Å²) in [5.41, 5.74) is 5.49. The first-order chi connectivity index (χ1) is 7.43. The van der Waals surface area contributed by atoms with Gasteiger partial charge in [-0.15, -0.1) is 0 Å². The Morgan fingerprint density at radius 2 is 1.75 bits per heavy atom. The number of carbonyl (C=O) groups excluding carboxylic acids is 3. The zero-order valence-corrected chi connectivity index (χ0v) is 9.34. The van der Waals surface area contributed by atoms with Crippen LogP contribution < -0.4 is 5.73 Å². The predicted octanol–water partition coefficient (Wildman–Crippen LogP) is -1.59. The Hall–Kier alpha value is -1.43. The van der Waals surface area contributed by atoms with Crippen molar-refractivity contribution in [3.63, 3.8) is 0 Å². The van der Waals surface area contributed by atoms with Gasteiger partial charge in [-0.3, -0.25) is 19.3 Å². The summed E-state index contributed by atoms with van der Waals surface area (Å²) in [7, 11) is 1.49. The maximum absolute atomic E-state index is 11.7. The van der Waals surface area contributed by atoms with Gasteiger partial charge in [-0.1, -0.05) is 0 Å². The van der Waals surface area contributed by atoms with Gasteiger partial charge in [0.2, 0.25) is 17.7 Å². The zero-order chi connectivity index (χ0) is 12.0. The summed E-state index contributed by atoms with van der Waals surface area (Å²) in [6, 6.07) is -0.582.